The number of benzene rings is 1. The minimum Gasteiger partial charge on any atom is -0.500 e. The number of anilines is 1. The van der Waals surface area contributed by atoms with Gasteiger partial charge in [-0.05, 0) is 43.0 Å². The van der Waals surface area contributed by atoms with Gasteiger partial charge in [0.05, 0.1) is 18.3 Å². The molecule has 3 heterocycles. The van der Waals surface area contributed by atoms with Gasteiger partial charge in [-0.1, -0.05) is 30.8 Å². The van der Waals surface area contributed by atoms with E-state index in [-0.39, 0.29) is 0 Å². The fraction of sp³-hybridized carbons (Fsp3) is 0.318. The maximum Gasteiger partial charge on any atom is 0.153 e. The second-order valence-corrected chi connectivity index (χ2v) is 6.87. The van der Waals surface area contributed by atoms with Gasteiger partial charge in [-0.3, -0.25) is 0 Å². The van der Waals surface area contributed by atoms with Crippen molar-refractivity contribution in [3.05, 3.63) is 71.8 Å². The topological polar surface area (TPSA) is 30.3 Å². The van der Waals surface area contributed by atoms with Crippen LogP contribution in [0.15, 0.2) is 49.4 Å². The summed E-state index contributed by atoms with van der Waals surface area (Å²) in [6.07, 6.45) is 4.51. The smallest absolute Gasteiger partial charge is 0.153 e. The van der Waals surface area contributed by atoms with Crippen molar-refractivity contribution in [3.8, 4) is 0 Å². The van der Waals surface area contributed by atoms with Crippen molar-refractivity contribution in [1.82, 2.24) is 9.55 Å². The van der Waals surface area contributed by atoms with Crippen molar-refractivity contribution in [1.29, 1.82) is 0 Å². The molecule has 4 nitrogen and oxygen atoms in total. The quantitative estimate of drug-likeness (QED) is 0.507. The van der Waals surface area contributed by atoms with Crippen LogP contribution in [-0.4, -0.2) is 22.7 Å². The molecule has 0 aliphatic carbocycles. The van der Waals surface area contributed by atoms with E-state index in [0.717, 1.165) is 31.9 Å². The van der Waals surface area contributed by atoms with Crippen LogP contribution in [0.3, 0.4) is 0 Å². The zero-order valence-corrected chi connectivity index (χ0v) is 15.5. The summed E-state index contributed by atoms with van der Waals surface area (Å²) >= 11 is 0. The lowest BCUT2D eigenvalue weighted by molar-refractivity contribution is 0.237. The van der Waals surface area contributed by atoms with E-state index in [1.54, 1.807) is 0 Å². The summed E-state index contributed by atoms with van der Waals surface area (Å²) in [7, 11) is 0. The van der Waals surface area contributed by atoms with Crippen molar-refractivity contribution < 1.29 is 4.74 Å². The van der Waals surface area contributed by atoms with E-state index in [4.69, 9.17) is 9.72 Å². The second-order valence-electron chi connectivity index (χ2n) is 6.87. The number of hydrogen-bond donors (Lipinski definition) is 0. The van der Waals surface area contributed by atoms with Crippen LogP contribution < -0.4 is 4.90 Å². The first kappa shape index (κ1) is 16.7. The van der Waals surface area contributed by atoms with Crippen LogP contribution in [0.5, 0.6) is 0 Å². The number of ether oxygens (including phenoxy) is 1. The first-order valence-electron chi connectivity index (χ1n) is 9.19. The predicted octanol–water partition coefficient (Wildman–Crippen LogP) is 4.38. The SMILES string of the molecule is C=COCCn1c(C)c(C)c2ccnc(N3CCc4ccccc4C3)c21. The van der Waals surface area contributed by atoms with Gasteiger partial charge in [0.2, 0.25) is 0 Å². The summed E-state index contributed by atoms with van der Waals surface area (Å²) in [5.74, 6) is 1.08. The molecular weight excluding hydrogens is 322 g/mol. The Labute approximate surface area is 154 Å². The first-order valence-corrected chi connectivity index (χ1v) is 9.19. The molecule has 0 bridgehead atoms. The highest BCUT2D eigenvalue weighted by atomic mass is 16.5. The molecule has 0 fully saturated rings. The molecule has 1 aromatic carbocycles. The van der Waals surface area contributed by atoms with Gasteiger partial charge in [-0.15, -0.1) is 0 Å². The predicted molar refractivity (Wildman–Crippen MR) is 107 cm³/mol. The average molecular weight is 347 g/mol. The van der Waals surface area contributed by atoms with Gasteiger partial charge in [-0.25, -0.2) is 4.98 Å². The van der Waals surface area contributed by atoms with Gasteiger partial charge in [0.25, 0.3) is 0 Å². The summed E-state index contributed by atoms with van der Waals surface area (Å²) in [6, 6.07) is 10.9. The summed E-state index contributed by atoms with van der Waals surface area (Å²) in [4.78, 5) is 7.20. The van der Waals surface area contributed by atoms with Crippen molar-refractivity contribution in [2.75, 3.05) is 18.1 Å². The van der Waals surface area contributed by atoms with Gasteiger partial charge in [0.1, 0.15) is 6.61 Å². The van der Waals surface area contributed by atoms with Gasteiger partial charge in [0, 0.05) is 30.4 Å². The number of fused-ring (bicyclic) bond motifs is 2. The molecule has 2 aromatic heterocycles. The van der Waals surface area contributed by atoms with Crippen molar-refractivity contribution >= 4 is 16.7 Å². The Morgan fingerprint density at radius 2 is 2.00 bits per heavy atom. The maximum atomic E-state index is 5.39. The van der Waals surface area contributed by atoms with Crippen LogP contribution in [-0.2, 0) is 24.2 Å². The molecule has 1 aliphatic rings. The highest BCUT2D eigenvalue weighted by Gasteiger charge is 2.22. The minimum absolute atomic E-state index is 0.616. The largest absolute Gasteiger partial charge is 0.500 e. The Hall–Kier alpha value is -2.75. The molecule has 4 heteroatoms. The zero-order chi connectivity index (χ0) is 18.1. The summed E-state index contributed by atoms with van der Waals surface area (Å²) in [6.45, 7) is 11.3. The van der Waals surface area contributed by atoms with Crippen LogP contribution >= 0.6 is 0 Å². The lowest BCUT2D eigenvalue weighted by atomic mass is 10.00. The molecule has 0 atom stereocenters. The maximum absolute atomic E-state index is 5.39. The molecule has 0 saturated carbocycles. The van der Waals surface area contributed by atoms with Crippen molar-refractivity contribution in [2.24, 2.45) is 0 Å². The zero-order valence-electron chi connectivity index (χ0n) is 15.5. The van der Waals surface area contributed by atoms with Crippen LogP contribution in [0, 0.1) is 13.8 Å². The minimum atomic E-state index is 0.616. The van der Waals surface area contributed by atoms with Crippen molar-refractivity contribution in [2.45, 2.75) is 33.4 Å². The molecule has 134 valence electrons. The molecular formula is C22H25N3O. The molecule has 1 aliphatic heterocycles. The Balaban J connectivity index is 1.78. The third-order valence-corrected chi connectivity index (χ3v) is 5.51. The lowest BCUT2D eigenvalue weighted by Crippen LogP contribution is -2.31. The van der Waals surface area contributed by atoms with Crippen LogP contribution in [0.1, 0.15) is 22.4 Å². The molecule has 0 N–H and O–H groups in total. The lowest BCUT2D eigenvalue weighted by Gasteiger charge is -2.30. The number of nitrogens with zero attached hydrogens (tertiary/aromatic N) is 3. The number of aromatic nitrogens is 2. The Morgan fingerprint density at radius 3 is 2.81 bits per heavy atom. The monoisotopic (exact) mass is 347 g/mol. The molecule has 0 spiro atoms. The van der Waals surface area contributed by atoms with E-state index in [2.05, 4.69) is 60.2 Å². The highest BCUT2D eigenvalue weighted by Crippen LogP contribution is 2.33. The van der Waals surface area contributed by atoms with Crippen LogP contribution in [0.25, 0.3) is 10.9 Å². The fourth-order valence-corrected chi connectivity index (χ4v) is 3.99. The molecule has 0 unspecified atom stereocenters. The molecule has 0 amide bonds. The molecule has 3 aromatic rings. The Bertz CT molecular complexity index is 957. The molecule has 0 saturated heterocycles. The second kappa shape index (κ2) is 6.87. The van der Waals surface area contributed by atoms with E-state index in [1.165, 1.54) is 39.5 Å². The van der Waals surface area contributed by atoms with Crippen molar-refractivity contribution in [3.63, 3.8) is 0 Å². The van der Waals surface area contributed by atoms with Gasteiger partial charge in [0.15, 0.2) is 5.82 Å². The summed E-state index contributed by atoms with van der Waals surface area (Å²) in [5, 5.41) is 1.28. The standard InChI is InChI=1S/C22H25N3O/c1-4-26-14-13-25-17(3)16(2)20-9-11-23-22(21(20)25)24-12-10-18-7-5-6-8-19(18)15-24/h4-9,11H,1,10,12-15H2,2-3H3. The number of pyridine rings is 1. The van der Waals surface area contributed by atoms with E-state index in [0.29, 0.717) is 6.61 Å². The van der Waals surface area contributed by atoms with E-state index in [1.807, 2.05) is 6.20 Å². The fourth-order valence-electron chi connectivity index (χ4n) is 3.99. The normalized spacial score (nSPS) is 13.7. The van der Waals surface area contributed by atoms with E-state index < -0.39 is 0 Å². The van der Waals surface area contributed by atoms with E-state index in [9.17, 15) is 0 Å². The van der Waals surface area contributed by atoms with Gasteiger partial charge >= 0.3 is 0 Å². The van der Waals surface area contributed by atoms with Crippen LogP contribution in [0.2, 0.25) is 0 Å². The third-order valence-electron chi connectivity index (χ3n) is 5.51. The summed E-state index contributed by atoms with van der Waals surface area (Å²) in [5.41, 5.74) is 6.67. The summed E-state index contributed by atoms with van der Waals surface area (Å²) < 4.78 is 7.74. The highest BCUT2D eigenvalue weighted by molar-refractivity contribution is 5.93. The number of hydrogen-bond acceptors (Lipinski definition) is 3. The van der Waals surface area contributed by atoms with E-state index >= 15 is 0 Å². The average Bonchev–Trinajstić information content (AvgIpc) is 2.93. The number of rotatable bonds is 5. The first-order chi connectivity index (χ1) is 12.7. The Kier molecular flexibility index (Phi) is 4.41. The van der Waals surface area contributed by atoms with Crippen LogP contribution in [0.4, 0.5) is 5.82 Å². The van der Waals surface area contributed by atoms with Gasteiger partial charge in [-0.2, -0.15) is 0 Å². The third kappa shape index (κ3) is 2.75. The molecule has 4 rings (SSSR count). The molecule has 26 heavy (non-hydrogen) atoms. The molecule has 0 radical (unpaired) electrons. The van der Waals surface area contributed by atoms with Gasteiger partial charge < -0.3 is 14.2 Å². The number of aryl methyl sites for hydroxylation is 1. The Morgan fingerprint density at radius 1 is 1.19 bits per heavy atom.